The van der Waals surface area contributed by atoms with Gasteiger partial charge in [-0.1, -0.05) is 6.32 Å². The Kier molecular flexibility index (Phi) is 5.69. The average molecular weight is 217 g/mol. The summed E-state index contributed by atoms with van der Waals surface area (Å²) >= 11 is 0. The zero-order valence-electron chi connectivity index (χ0n) is 6.98. The summed E-state index contributed by atoms with van der Waals surface area (Å²) in [5.41, 5.74) is -0.398. The summed E-state index contributed by atoms with van der Waals surface area (Å²) in [6.45, 7) is -4.98. The van der Waals surface area contributed by atoms with E-state index >= 15 is 0 Å². The molecule has 0 atom stereocenters. The Bertz CT molecular complexity index is 278. The van der Waals surface area contributed by atoms with Crippen molar-refractivity contribution in [3.8, 4) is 0 Å². The minimum Gasteiger partial charge on any atom is -0.449 e. The fourth-order valence-corrected chi connectivity index (χ4v) is 0.810. The molecule has 0 N–H and O–H groups in total. The summed E-state index contributed by atoms with van der Waals surface area (Å²) in [6.07, 6.45) is 0.798. The number of aromatic nitrogens is 1. The molecule has 0 aliphatic rings. The molecule has 0 saturated carbocycles. The van der Waals surface area contributed by atoms with Gasteiger partial charge in [0.25, 0.3) is 0 Å². The van der Waals surface area contributed by atoms with Crippen LogP contribution in [0.15, 0.2) is 18.5 Å². The summed E-state index contributed by atoms with van der Waals surface area (Å²) < 4.78 is 48.0. The molecule has 0 saturated heterocycles. The third kappa shape index (κ3) is 5.12. The smallest absolute Gasteiger partial charge is 0.449 e. The number of nitrogens with zero attached hydrogens (tertiary/aromatic N) is 1. The summed E-state index contributed by atoms with van der Waals surface area (Å²) in [5, 5.41) is 0. The fraction of sp³-hybridized carbons (Fsp3) is 0.167. The molecule has 0 spiro atoms. The minimum absolute atomic E-state index is 0. The molecule has 1 aromatic rings. The molecule has 0 bridgehead atoms. The predicted octanol–water partition coefficient (Wildman–Crippen LogP) is -0.846. The topological polar surface area (TPSA) is 12.9 Å². The molecule has 0 amide bonds. The van der Waals surface area contributed by atoms with Crippen molar-refractivity contribution in [2.45, 2.75) is 6.32 Å². The number of pyridine rings is 1. The van der Waals surface area contributed by atoms with Gasteiger partial charge >= 0.3 is 58.4 Å². The first-order chi connectivity index (χ1) is 5.49. The first-order valence-corrected chi connectivity index (χ1v) is 3.28. The largest absolute Gasteiger partial charge is 1.00 e. The predicted molar refractivity (Wildman–Crippen MR) is 37.0 cm³/mol. The molecular weight excluding hydrogens is 212 g/mol. The maximum atomic E-state index is 12.6. The van der Waals surface area contributed by atoms with E-state index in [2.05, 4.69) is 4.98 Å². The molecule has 1 rings (SSSR count). The summed E-state index contributed by atoms with van der Waals surface area (Å²) in [5.74, 6) is -0.857. The van der Waals surface area contributed by atoms with E-state index < -0.39 is 24.7 Å². The van der Waals surface area contributed by atoms with Gasteiger partial charge in [0, 0.05) is 12.4 Å². The van der Waals surface area contributed by atoms with E-state index in [0.29, 0.717) is 0 Å². The summed E-state index contributed by atoms with van der Waals surface area (Å²) in [4.78, 5) is 3.40. The van der Waals surface area contributed by atoms with Crippen LogP contribution in [0.2, 0.25) is 0 Å². The van der Waals surface area contributed by atoms with Gasteiger partial charge in [0.2, 0.25) is 0 Å². The minimum atomic E-state index is -4.98. The molecule has 0 radical (unpaired) electrons. The van der Waals surface area contributed by atoms with Crippen LogP contribution in [0.25, 0.3) is 0 Å². The van der Waals surface area contributed by atoms with Crippen LogP contribution in [0.5, 0.6) is 0 Å². The van der Waals surface area contributed by atoms with Crippen molar-refractivity contribution in [1.29, 1.82) is 0 Å². The van der Waals surface area contributed by atoms with Crippen LogP contribution in [-0.4, -0.2) is 12.0 Å². The van der Waals surface area contributed by atoms with Crippen LogP contribution in [0.1, 0.15) is 5.56 Å². The molecule has 0 fully saturated rings. The van der Waals surface area contributed by atoms with E-state index in [4.69, 9.17) is 0 Å². The standard InChI is InChI=1S/C6H5BF4N.K/c8-6-1-2-12-4-5(6)3-7(9,10)11;/h1-2,4H,3H2;/q-1;+1. The fourth-order valence-electron chi connectivity index (χ4n) is 0.810. The van der Waals surface area contributed by atoms with Crippen molar-refractivity contribution in [1.82, 2.24) is 4.98 Å². The van der Waals surface area contributed by atoms with Crippen molar-refractivity contribution < 1.29 is 68.7 Å². The Labute approximate surface area is 115 Å². The van der Waals surface area contributed by atoms with E-state index in [-0.39, 0.29) is 51.4 Å². The molecule has 1 nitrogen and oxygen atoms in total. The molecule has 0 aromatic carbocycles. The maximum Gasteiger partial charge on any atom is 1.00 e. The van der Waals surface area contributed by atoms with Gasteiger partial charge in [-0.15, -0.1) is 0 Å². The Hall–Kier alpha value is 0.571. The Morgan fingerprint density at radius 3 is 2.38 bits per heavy atom. The third-order valence-corrected chi connectivity index (χ3v) is 1.30. The molecular formula is C6H5BF4KN. The number of rotatable bonds is 2. The maximum absolute atomic E-state index is 12.6. The average Bonchev–Trinajstić information content (AvgIpc) is 1.91. The molecule has 0 unspecified atom stereocenters. The molecule has 0 aliphatic heterocycles. The van der Waals surface area contributed by atoms with E-state index in [1.54, 1.807) is 0 Å². The van der Waals surface area contributed by atoms with Gasteiger partial charge in [-0.25, -0.2) is 4.39 Å². The molecule has 13 heavy (non-hydrogen) atoms. The van der Waals surface area contributed by atoms with Gasteiger partial charge < -0.3 is 12.9 Å². The van der Waals surface area contributed by atoms with Crippen LogP contribution in [-0.2, 0) is 6.32 Å². The van der Waals surface area contributed by atoms with Crippen molar-refractivity contribution in [2.24, 2.45) is 0 Å². The number of hydrogen-bond donors (Lipinski definition) is 0. The first kappa shape index (κ1) is 13.6. The second-order valence-corrected chi connectivity index (χ2v) is 2.38. The zero-order chi connectivity index (χ0) is 9.19. The Morgan fingerprint density at radius 2 is 1.92 bits per heavy atom. The summed E-state index contributed by atoms with van der Waals surface area (Å²) in [6, 6.07) is 0.914. The van der Waals surface area contributed by atoms with Gasteiger partial charge in [-0.05, 0) is 11.6 Å². The molecule has 7 heteroatoms. The third-order valence-electron chi connectivity index (χ3n) is 1.30. The van der Waals surface area contributed by atoms with Crippen LogP contribution in [0, 0.1) is 5.82 Å². The quantitative estimate of drug-likeness (QED) is 0.464. The SMILES string of the molecule is Fc1ccncc1C[B-](F)(F)F.[K+]. The van der Waals surface area contributed by atoms with Gasteiger partial charge in [0.05, 0.1) is 0 Å². The molecule has 0 aliphatic carbocycles. The van der Waals surface area contributed by atoms with E-state index in [0.717, 1.165) is 18.5 Å². The van der Waals surface area contributed by atoms with Crippen molar-refractivity contribution >= 4 is 6.98 Å². The van der Waals surface area contributed by atoms with Gasteiger partial charge in [-0.3, -0.25) is 4.98 Å². The molecule has 1 aromatic heterocycles. The second kappa shape index (κ2) is 5.45. The Balaban J connectivity index is 0.00000144. The monoisotopic (exact) mass is 217 g/mol. The van der Waals surface area contributed by atoms with Crippen LogP contribution >= 0.6 is 0 Å². The van der Waals surface area contributed by atoms with Crippen molar-refractivity contribution in [3.63, 3.8) is 0 Å². The van der Waals surface area contributed by atoms with Crippen LogP contribution in [0.4, 0.5) is 17.3 Å². The van der Waals surface area contributed by atoms with Gasteiger partial charge in [0.15, 0.2) is 0 Å². The first-order valence-electron chi connectivity index (χ1n) is 3.28. The van der Waals surface area contributed by atoms with Crippen molar-refractivity contribution in [2.75, 3.05) is 0 Å². The zero-order valence-corrected chi connectivity index (χ0v) is 10.1. The van der Waals surface area contributed by atoms with E-state index in [9.17, 15) is 17.3 Å². The van der Waals surface area contributed by atoms with Crippen LogP contribution in [0.3, 0.4) is 0 Å². The number of hydrogen-bond acceptors (Lipinski definition) is 1. The van der Waals surface area contributed by atoms with Crippen molar-refractivity contribution in [3.05, 3.63) is 29.8 Å². The summed E-state index contributed by atoms with van der Waals surface area (Å²) in [7, 11) is 0. The van der Waals surface area contributed by atoms with Gasteiger partial charge in [-0.2, -0.15) is 0 Å². The Morgan fingerprint density at radius 1 is 1.31 bits per heavy atom. The normalized spacial score (nSPS) is 10.8. The number of halogens is 4. The molecule has 1 heterocycles. The molecule has 66 valence electrons. The van der Waals surface area contributed by atoms with Crippen LogP contribution < -0.4 is 51.4 Å². The second-order valence-electron chi connectivity index (χ2n) is 2.38. The van der Waals surface area contributed by atoms with Gasteiger partial charge in [0.1, 0.15) is 5.82 Å². The van der Waals surface area contributed by atoms with E-state index in [1.807, 2.05) is 0 Å². The van der Waals surface area contributed by atoms with E-state index in [1.165, 1.54) is 0 Å².